The van der Waals surface area contributed by atoms with E-state index in [1.807, 2.05) is 19.9 Å². The van der Waals surface area contributed by atoms with Crippen molar-refractivity contribution in [1.29, 1.82) is 0 Å². The first-order chi connectivity index (χ1) is 13.3. The number of aromatic nitrogens is 4. The molecule has 1 N–H and O–H groups in total. The zero-order valence-electron chi connectivity index (χ0n) is 15.5. The molecule has 3 rings (SSSR count). The zero-order chi connectivity index (χ0) is 20.4. The van der Waals surface area contributed by atoms with Crippen molar-refractivity contribution in [3.8, 4) is 5.82 Å². The van der Waals surface area contributed by atoms with Gasteiger partial charge < -0.3 is 5.32 Å². The van der Waals surface area contributed by atoms with Crippen molar-refractivity contribution in [2.75, 3.05) is 5.32 Å². The van der Waals surface area contributed by atoms with Crippen molar-refractivity contribution < 1.29 is 9.72 Å². The Morgan fingerprint density at radius 3 is 2.39 bits per heavy atom. The Bertz CT molecular complexity index is 1100. The van der Waals surface area contributed by atoms with Gasteiger partial charge in [-0.15, -0.1) is 5.10 Å². The second-order valence-electron chi connectivity index (χ2n) is 6.28. The number of nitro benzene ring substituents is 1. The summed E-state index contributed by atoms with van der Waals surface area (Å²) >= 11 is 0. The Morgan fingerprint density at radius 2 is 1.82 bits per heavy atom. The second kappa shape index (κ2) is 7.43. The molecule has 28 heavy (non-hydrogen) atoms. The fraction of sp³-hybridized carbons (Fsp3) is 0.222. The van der Waals surface area contributed by atoms with E-state index < -0.39 is 22.4 Å². The molecule has 2 heterocycles. The molecule has 0 spiro atoms. The topological polar surface area (TPSA) is 125 Å². The van der Waals surface area contributed by atoms with Crippen LogP contribution in [0.5, 0.6) is 0 Å². The molecule has 0 aliphatic heterocycles. The van der Waals surface area contributed by atoms with Crippen molar-refractivity contribution in [1.82, 2.24) is 19.6 Å². The van der Waals surface area contributed by atoms with E-state index in [0.29, 0.717) is 11.5 Å². The van der Waals surface area contributed by atoms with Crippen molar-refractivity contribution in [2.24, 2.45) is 0 Å². The summed E-state index contributed by atoms with van der Waals surface area (Å²) in [5.74, 6) is -0.0610. The van der Waals surface area contributed by atoms with Crippen molar-refractivity contribution >= 4 is 17.3 Å². The Hall–Kier alpha value is -3.82. The summed E-state index contributed by atoms with van der Waals surface area (Å²) in [5.41, 5.74) is 1.52. The van der Waals surface area contributed by atoms with Crippen LogP contribution in [0.1, 0.15) is 24.4 Å². The van der Waals surface area contributed by atoms with Gasteiger partial charge in [-0.25, -0.2) is 9.36 Å². The van der Waals surface area contributed by atoms with E-state index in [1.165, 1.54) is 30.3 Å². The minimum atomic E-state index is -0.903. The van der Waals surface area contributed by atoms with E-state index in [0.717, 1.165) is 16.1 Å². The molecule has 0 saturated heterocycles. The highest BCUT2D eigenvalue weighted by Crippen LogP contribution is 2.17. The number of amides is 1. The highest BCUT2D eigenvalue weighted by Gasteiger charge is 2.19. The van der Waals surface area contributed by atoms with Gasteiger partial charge in [0.1, 0.15) is 6.04 Å². The van der Waals surface area contributed by atoms with Gasteiger partial charge in [0.25, 0.3) is 11.2 Å². The third-order valence-electron chi connectivity index (χ3n) is 4.13. The van der Waals surface area contributed by atoms with Crippen LogP contribution in [0.2, 0.25) is 0 Å². The molecule has 2 aromatic heterocycles. The SMILES string of the molecule is Cc1cc(C)n(-c2ccc(=O)n(C(C)C(=O)Nc3ccc([N+](=O)[O-])cc3)n2)n1. The van der Waals surface area contributed by atoms with Gasteiger partial charge in [-0.3, -0.25) is 19.7 Å². The third kappa shape index (κ3) is 3.80. The van der Waals surface area contributed by atoms with Gasteiger partial charge in [-0.05, 0) is 45.0 Å². The number of benzene rings is 1. The quantitative estimate of drug-likeness (QED) is 0.532. The van der Waals surface area contributed by atoms with Crippen LogP contribution in [0.3, 0.4) is 0 Å². The molecule has 10 heteroatoms. The fourth-order valence-electron chi connectivity index (χ4n) is 2.69. The molecule has 1 amide bonds. The minimum Gasteiger partial charge on any atom is -0.324 e. The Morgan fingerprint density at radius 1 is 1.14 bits per heavy atom. The summed E-state index contributed by atoms with van der Waals surface area (Å²) in [6.07, 6.45) is 0. The number of hydrogen-bond donors (Lipinski definition) is 1. The standard InChI is InChI=1S/C18H18N6O4/c1-11-10-12(2)22(20-11)16-8-9-17(25)23(21-16)13(3)18(26)19-14-4-6-15(7-5-14)24(27)28/h4-10,13H,1-3H3,(H,19,26). The number of rotatable bonds is 5. The van der Waals surface area contributed by atoms with Crippen LogP contribution in [-0.4, -0.2) is 30.4 Å². The van der Waals surface area contributed by atoms with Gasteiger partial charge in [0.15, 0.2) is 5.82 Å². The highest BCUT2D eigenvalue weighted by atomic mass is 16.6. The maximum Gasteiger partial charge on any atom is 0.269 e. The summed E-state index contributed by atoms with van der Waals surface area (Å²) in [7, 11) is 0. The average Bonchev–Trinajstić information content (AvgIpc) is 3.00. The number of nitrogens with one attached hydrogen (secondary N) is 1. The largest absolute Gasteiger partial charge is 0.324 e. The molecule has 1 unspecified atom stereocenters. The minimum absolute atomic E-state index is 0.0819. The lowest BCUT2D eigenvalue weighted by Gasteiger charge is -2.15. The summed E-state index contributed by atoms with van der Waals surface area (Å²) in [5, 5.41) is 21.9. The van der Waals surface area contributed by atoms with Crippen molar-refractivity contribution in [2.45, 2.75) is 26.8 Å². The Labute approximate surface area is 159 Å². The molecule has 144 valence electrons. The van der Waals surface area contributed by atoms with E-state index in [2.05, 4.69) is 15.5 Å². The van der Waals surface area contributed by atoms with Crippen LogP contribution in [0.4, 0.5) is 11.4 Å². The number of non-ortho nitro benzene ring substituents is 1. The monoisotopic (exact) mass is 382 g/mol. The van der Waals surface area contributed by atoms with E-state index >= 15 is 0 Å². The van der Waals surface area contributed by atoms with Gasteiger partial charge in [0.2, 0.25) is 5.91 Å². The van der Waals surface area contributed by atoms with Gasteiger partial charge in [0.05, 0.1) is 10.6 Å². The molecular formula is C18H18N6O4. The predicted molar refractivity (Wildman–Crippen MR) is 102 cm³/mol. The smallest absolute Gasteiger partial charge is 0.269 e. The van der Waals surface area contributed by atoms with Gasteiger partial charge in [-0.2, -0.15) is 5.10 Å². The summed E-state index contributed by atoms with van der Waals surface area (Å²) in [6, 6.07) is 9.26. The van der Waals surface area contributed by atoms with Crippen molar-refractivity contribution in [3.63, 3.8) is 0 Å². The number of nitrogens with zero attached hydrogens (tertiary/aromatic N) is 5. The number of anilines is 1. The molecular weight excluding hydrogens is 364 g/mol. The van der Waals surface area contributed by atoms with Crippen LogP contribution in [0.25, 0.3) is 5.82 Å². The fourth-order valence-corrected chi connectivity index (χ4v) is 2.69. The average molecular weight is 382 g/mol. The zero-order valence-corrected chi connectivity index (χ0v) is 15.5. The molecule has 0 fully saturated rings. The van der Waals surface area contributed by atoms with Crippen LogP contribution in [0, 0.1) is 24.0 Å². The molecule has 3 aromatic rings. The number of nitro groups is 1. The van der Waals surface area contributed by atoms with E-state index in [1.54, 1.807) is 17.7 Å². The Kier molecular flexibility index (Phi) is 5.03. The first-order valence-corrected chi connectivity index (χ1v) is 8.45. The first-order valence-electron chi connectivity index (χ1n) is 8.45. The normalized spacial score (nSPS) is 11.8. The maximum absolute atomic E-state index is 12.5. The number of aryl methyl sites for hydroxylation is 2. The van der Waals surface area contributed by atoms with E-state index in [-0.39, 0.29) is 5.69 Å². The van der Waals surface area contributed by atoms with Gasteiger partial charge in [-0.1, -0.05) is 0 Å². The number of hydrogen-bond acceptors (Lipinski definition) is 6. The van der Waals surface area contributed by atoms with Gasteiger partial charge >= 0.3 is 0 Å². The molecule has 1 aromatic carbocycles. The lowest BCUT2D eigenvalue weighted by Crippen LogP contribution is -2.33. The van der Waals surface area contributed by atoms with Crippen LogP contribution < -0.4 is 10.9 Å². The predicted octanol–water partition coefficient (Wildman–Crippen LogP) is 2.15. The molecule has 0 bridgehead atoms. The van der Waals surface area contributed by atoms with Gasteiger partial charge in [0, 0.05) is 29.6 Å². The third-order valence-corrected chi connectivity index (χ3v) is 4.13. The maximum atomic E-state index is 12.5. The highest BCUT2D eigenvalue weighted by molar-refractivity contribution is 5.93. The molecule has 0 aliphatic rings. The van der Waals surface area contributed by atoms with Crippen LogP contribution in [0.15, 0.2) is 47.3 Å². The van der Waals surface area contributed by atoms with E-state index in [9.17, 15) is 19.7 Å². The lowest BCUT2D eigenvalue weighted by atomic mass is 10.2. The van der Waals surface area contributed by atoms with Crippen molar-refractivity contribution in [3.05, 3.63) is 74.3 Å². The molecule has 10 nitrogen and oxygen atoms in total. The summed E-state index contributed by atoms with van der Waals surface area (Å²) in [6.45, 7) is 5.25. The molecule has 1 atom stereocenters. The summed E-state index contributed by atoms with van der Waals surface area (Å²) in [4.78, 5) is 34.9. The lowest BCUT2D eigenvalue weighted by molar-refractivity contribution is -0.384. The second-order valence-corrected chi connectivity index (χ2v) is 6.28. The van der Waals surface area contributed by atoms with Crippen LogP contribution in [-0.2, 0) is 4.79 Å². The van der Waals surface area contributed by atoms with E-state index in [4.69, 9.17) is 0 Å². The molecule has 0 saturated carbocycles. The summed E-state index contributed by atoms with van der Waals surface area (Å²) < 4.78 is 2.67. The number of carbonyl (C=O) groups excluding carboxylic acids is 1. The molecule has 0 aliphatic carbocycles. The number of carbonyl (C=O) groups is 1. The first kappa shape index (κ1) is 19.0. The van der Waals surface area contributed by atoms with Crippen LogP contribution >= 0.6 is 0 Å². The molecule has 0 radical (unpaired) electrons. The Balaban J connectivity index is 1.85.